The Morgan fingerprint density at radius 2 is 1.80 bits per heavy atom. The van der Waals surface area contributed by atoms with Gasteiger partial charge >= 0.3 is 5.97 Å². The lowest BCUT2D eigenvalue weighted by Gasteiger charge is -2.25. The summed E-state index contributed by atoms with van der Waals surface area (Å²) in [5.41, 5.74) is 2.54. The van der Waals surface area contributed by atoms with Gasteiger partial charge in [0.1, 0.15) is 4.21 Å². The van der Waals surface area contributed by atoms with Crippen molar-refractivity contribution in [2.45, 2.75) is 24.5 Å². The predicted molar refractivity (Wildman–Crippen MR) is 113 cm³/mol. The van der Waals surface area contributed by atoms with E-state index in [1.807, 2.05) is 32.0 Å². The number of hydrogen-bond donors (Lipinski definition) is 1. The number of nitrogens with zero attached hydrogens (tertiary/aromatic N) is 1. The number of rotatable bonds is 7. The second-order valence-corrected chi connectivity index (χ2v) is 10.2. The number of thiophene rings is 1. The van der Waals surface area contributed by atoms with Crippen molar-refractivity contribution in [1.29, 1.82) is 0 Å². The summed E-state index contributed by atoms with van der Waals surface area (Å²) >= 11 is 1.03. The van der Waals surface area contributed by atoms with Gasteiger partial charge in [-0.1, -0.05) is 18.2 Å². The summed E-state index contributed by atoms with van der Waals surface area (Å²) in [6.07, 6.45) is -0.0973. The molecule has 1 aromatic heterocycles. The Bertz CT molecular complexity index is 1010. The van der Waals surface area contributed by atoms with Crippen molar-refractivity contribution in [2.24, 2.45) is 0 Å². The third-order valence-electron chi connectivity index (χ3n) is 4.63. The van der Waals surface area contributed by atoms with E-state index in [1.54, 1.807) is 6.07 Å². The molecule has 0 unspecified atom stereocenters. The first-order valence-electron chi connectivity index (χ1n) is 9.45. The molecule has 1 amide bonds. The number of sulfonamides is 1. The van der Waals surface area contributed by atoms with Crippen LogP contribution in [0.15, 0.2) is 34.5 Å². The highest BCUT2D eigenvalue weighted by Crippen LogP contribution is 2.26. The van der Waals surface area contributed by atoms with Crippen molar-refractivity contribution in [2.75, 3.05) is 38.2 Å². The van der Waals surface area contributed by atoms with Gasteiger partial charge in [0.25, 0.3) is 15.9 Å². The molecule has 1 aliphatic heterocycles. The molecular formula is C20H24N2O6S2. The highest BCUT2D eigenvalue weighted by atomic mass is 32.2. The molecule has 0 aliphatic carbocycles. The van der Waals surface area contributed by atoms with E-state index in [1.165, 1.54) is 10.4 Å². The number of carbonyl (C=O) groups is 2. The van der Waals surface area contributed by atoms with Crippen LogP contribution in [0.25, 0.3) is 0 Å². The van der Waals surface area contributed by atoms with E-state index in [2.05, 4.69) is 5.32 Å². The third kappa shape index (κ3) is 5.45. The minimum absolute atomic E-state index is 0.0973. The number of para-hydroxylation sites is 1. The zero-order valence-electron chi connectivity index (χ0n) is 16.8. The summed E-state index contributed by atoms with van der Waals surface area (Å²) in [7, 11) is -3.59. The molecule has 10 heteroatoms. The summed E-state index contributed by atoms with van der Waals surface area (Å²) < 4.78 is 37.1. The fraction of sp³-hybridized carbons (Fsp3) is 0.400. The average molecular weight is 453 g/mol. The Balaban J connectivity index is 1.52. The second-order valence-electron chi connectivity index (χ2n) is 6.89. The third-order valence-corrected chi connectivity index (χ3v) is 8.08. The maximum absolute atomic E-state index is 12.6. The Hall–Kier alpha value is -2.27. The van der Waals surface area contributed by atoms with Crippen LogP contribution in [0.1, 0.15) is 16.0 Å². The van der Waals surface area contributed by atoms with E-state index in [0.29, 0.717) is 36.9 Å². The Kier molecular flexibility index (Phi) is 7.24. The summed E-state index contributed by atoms with van der Waals surface area (Å²) in [5.74, 6) is -1.02. The fourth-order valence-corrected chi connectivity index (χ4v) is 5.94. The number of morpholine rings is 1. The van der Waals surface area contributed by atoms with Crippen molar-refractivity contribution in [3.63, 3.8) is 0 Å². The monoisotopic (exact) mass is 452 g/mol. The quantitative estimate of drug-likeness (QED) is 0.646. The molecule has 0 radical (unpaired) electrons. The average Bonchev–Trinajstić information content (AvgIpc) is 3.19. The Morgan fingerprint density at radius 3 is 2.47 bits per heavy atom. The lowest BCUT2D eigenvalue weighted by molar-refractivity contribution is -0.146. The Morgan fingerprint density at radius 1 is 1.13 bits per heavy atom. The highest BCUT2D eigenvalue weighted by molar-refractivity contribution is 7.91. The number of carbonyl (C=O) groups excluding carboxylic acids is 2. The molecule has 0 atom stereocenters. The number of esters is 1. The van der Waals surface area contributed by atoms with Gasteiger partial charge in [-0.15, -0.1) is 11.3 Å². The van der Waals surface area contributed by atoms with Gasteiger partial charge in [0.2, 0.25) is 0 Å². The van der Waals surface area contributed by atoms with E-state index < -0.39 is 28.5 Å². The smallest absolute Gasteiger partial charge is 0.311 e. The van der Waals surface area contributed by atoms with E-state index in [9.17, 15) is 18.0 Å². The van der Waals surface area contributed by atoms with Gasteiger partial charge in [0.15, 0.2) is 6.61 Å². The normalized spacial score (nSPS) is 15.0. The zero-order chi connectivity index (χ0) is 21.7. The van der Waals surface area contributed by atoms with Crippen LogP contribution in [0.5, 0.6) is 0 Å². The molecule has 0 spiro atoms. The van der Waals surface area contributed by atoms with Gasteiger partial charge in [-0.05, 0) is 37.1 Å². The topological polar surface area (TPSA) is 102 Å². The van der Waals surface area contributed by atoms with Gasteiger partial charge in [-0.2, -0.15) is 4.31 Å². The van der Waals surface area contributed by atoms with Crippen LogP contribution in [-0.4, -0.2) is 57.5 Å². The molecule has 162 valence electrons. The lowest BCUT2D eigenvalue weighted by atomic mass is 10.1. The minimum atomic E-state index is -3.59. The van der Waals surface area contributed by atoms with Crippen LogP contribution in [0.3, 0.4) is 0 Å². The van der Waals surface area contributed by atoms with Crippen molar-refractivity contribution >= 4 is 38.9 Å². The minimum Gasteiger partial charge on any atom is -0.455 e. The van der Waals surface area contributed by atoms with Crippen LogP contribution in [0, 0.1) is 13.8 Å². The number of hydrogen-bond acceptors (Lipinski definition) is 7. The van der Waals surface area contributed by atoms with Gasteiger partial charge in [-0.25, -0.2) is 8.42 Å². The molecule has 1 saturated heterocycles. The van der Waals surface area contributed by atoms with Gasteiger partial charge in [0.05, 0.1) is 19.6 Å². The first-order valence-corrected chi connectivity index (χ1v) is 11.7. The molecule has 3 rings (SSSR count). The van der Waals surface area contributed by atoms with Crippen LogP contribution < -0.4 is 5.32 Å². The number of benzene rings is 1. The van der Waals surface area contributed by atoms with Crippen molar-refractivity contribution < 1.29 is 27.5 Å². The van der Waals surface area contributed by atoms with Crippen LogP contribution in [0.4, 0.5) is 5.69 Å². The molecule has 1 N–H and O–H groups in total. The molecule has 2 aromatic rings. The van der Waals surface area contributed by atoms with E-state index in [4.69, 9.17) is 9.47 Å². The predicted octanol–water partition coefficient (Wildman–Crippen LogP) is 2.11. The van der Waals surface area contributed by atoms with Crippen molar-refractivity contribution in [3.05, 3.63) is 46.3 Å². The standard InChI is InChI=1S/C20H24N2O6S2/c1-14-4-3-5-15(2)20(14)21-17(23)13-28-18(24)12-16-6-7-19(29-16)30(25,26)22-8-10-27-11-9-22/h3-7H,8-13H2,1-2H3,(H,21,23). The van der Waals surface area contributed by atoms with E-state index in [0.717, 1.165) is 22.5 Å². The van der Waals surface area contributed by atoms with Gasteiger partial charge < -0.3 is 14.8 Å². The summed E-state index contributed by atoms with van der Waals surface area (Å²) in [4.78, 5) is 24.8. The molecule has 30 heavy (non-hydrogen) atoms. The van der Waals surface area contributed by atoms with Gasteiger partial charge in [-0.3, -0.25) is 9.59 Å². The number of amides is 1. The second kappa shape index (κ2) is 9.69. The zero-order valence-corrected chi connectivity index (χ0v) is 18.5. The van der Waals surface area contributed by atoms with Gasteiger partial charge in [0, 0.05) is 23.7 Å². The van der Waals surface area contributed by atoms with Crippen LogP contribution in [-0.2, 0) is 35.5 Å². The van der Waals surface area contributed by atoms with Crippen LogP contribution in [0.2, 0.25) is 0 Å². The molecule has 0 bridgehead atoms. The summed E-state index contributed by atoms with van der Waals surface area (Å²) in [6.45, 7) is 4.72. The van der Waals surface area contributed by atoms with Crippen molar-refractivity contribution in [3.8, 4) is 0 Å². The molecule has 8 nitrogen and oxygen atoms in total. The number of ether oxygens (including phenoxy) is 2. The number of aryl methyl sites for hydroxylation is 2. The summed E-state index contributed by atoms with van der Waals surface area (Å²) in [6, 6.07) is 8.75. The fourth-order valence-electron chi connectivity index (χ4n) is 3.03. The largest absolute Gasteiger partial charge is 0.455 e. The van der Waals surface area contributed by atoms with Crippen molar-refractivity contribution in [1.82, 2.24) is 4.31 Å². The lowest BCUT2D eigenvalue weighted by Crippen LogP contribution is -2.40. The molecule has 2 heterocycles. The number of nitrogens with one attached hydrogen (secondary N) is 1. The highest BCUT2D eigenvalue weighted by Gasteiger charge is 2.28. The Labute approximate surface area is 179 Å². The van der Waals surface area contributed by atoms with E-state index in [-0.39, 0.29) is 10.6 Å². The SMILES string of the molecule is Cc1cccc(C)c1NC(=O)COC(=O)Cc1ccc(S(=O)(=O)N2CCOCC2)s1. The van der Waals surface area contributed by atoms with E-state index >= 15 is 0 Å². The van der Waals surface area contributed by atoms with Crippen LogP contribution >= 0.6 is 11.3 Å². The maximum Gasteiger partial charge on any atom is 0.311 e. The molecule has 1 aromatic carbocycles. The number of anilines is 1. The summed E-state index contributed by atoms with van der Waals surface area (Å²) in [5, 5.41) is 2.75. The first-order chi connectivity index (χ1) is 14.3. The maximum atomic E-state index is 12.6. The molecule has 1 aliphatic rings. The molecule has 0 saturated carbocycles. The first kappa shape index (κ1) is 22.4. The molecular weight excluding hydrogens is 428 g/mol. The molecule has 1 fully saturated rings.